The van der Waals surface area contributed by atoms with Gasteiger partial charge >= 0.3 is 0 Å². The fraction of sp³-hybridized carbons (Fsp3) is 0.273. The number of hydrogen-bond donors (Lipinski definition) is 0. The molecule has 1 aliphatic rings. The topological polar surface area (TPSA) is 20.3 Å². The lowest BCUT2D eigenvalue weighted by molar-refractivity contribution is -0.116. The summed E-state index contributed by atoms with van der Waals surface area (Å²) in [6.45, 7) is 5.62. The Morgan fingerprint density at radius 3 is 2.31 bits per heavy atom. The maximum absolute atomic E-state index is 10.8. The van der Waals surface area contributed by atoms with Gasteiger partial charge in [-0.05, 0) is 11.1 Å². The van der Waals surface area contributed by atoms with Crippen molar-refractivity contribution in [1.29, 1.82) is 0 Å². The normalized spacial score (nSPS) is 15.8. The largest absolute Gasteiger partial charge is 0.298 e. The van der Waals surface area contributed by atoms with E-state index in [0.717, 1.165) is 13.1 Å². The summed E-state index contributed by atoms with van der Waals surface area (Å²) in [7, 11) is 0. The van der Waals surface area contributed by atoms with Crippen molar-refractivity contribution in [2.24, 2.45) is 0 Å². The fourth-order valence-corrected chi connectivity index (χ4v) is 1.76. The van der Waals surface area contributed by atoms with Gasteiger partial charge in [-0.2, -0.15) is 0 Å². The van der Waals surface area contributed by atoms with E-state index in [1.165, 1.54) is 11.1 Å². The van der Waals surface area contributed by atoms with Crippen LogP contribution in [-0.4, -0.2) is 17.2 Å². The van der Waals surface area contributed by atoms with Gasteiger partial charge in [-0.1, -0.05) is 24.3 Å². The molecule has 0 saturated heterocycles. The second-order valence-electron chi connectivity index (χ2n) is 3.45. The number of ketones is 1. The van der Waals surface area contributed by atoms with E-state index in [-0.39, 0.29) is 5.78 Å². The number of rotatable bonds is 2. The fourth-order valence-electron chi connectivity index (χ4n) is 1.76. The zero-order valence-electron chi connectivity index (χ0n) is 7.49. The summed E-state index contributed by atoms with van der Waals surface area (Å²) in [4.78, 5) is 12.9. The van der Waals surface area contributed by atoms with Crippen LogP contribution in [0.2, 0.25) is 0 Å². The van der Waals surface area contributed by atoms with Crippen LogP contribution in [-0.2, 0) is 17.9 Å². The van der Waals surface area contributed by atoms with E-state index in [2.05, 4.69) is 24.0 Å². The van der Waals surface area contributed by atoms with Crippen molar-refractivity contribution >= 4 is 5.78 Å². The van der Waals surface area contributed by atoms with E-state index in [9.17, 15) is 4.79 Å². The molecule has 0 unspecified atom stereocenters. The van der Waals surface area contributed by atoms with Crippen molar-refractivity contribution < 1.29 is 4.79 Å². The molecule has 0 N–H and O–H groups in total. The molecule has 0 fully saturated rings. The average Bonchev–Trinajstić information content (AvgIpc) is 2.44. The zero-order chi connectivity index (χ0) is 9.26. The van der Waals surface area contributed by atoms with Crippen molar-refractivity contribution in [3.05, 3.63) is 42.3 Å². The Bertz CT molecular complexity index is 308. The van der Waals surface area contributed by atoms with Gasteiger partial charge in [0.25, 0.3) is 0 Å². The molecule has 0 atom stereocenters. The van der Waals surface area contributed by atoms with Crippen LogP contribution in [0.1, 0.15) is 11.1 Å². The van der Waals surface area contributed by atoms with Crippen LogP contribution >= 0.6 is 0 Å². The van der Waals surface area contributed by atoms with Gasteiger partial charge in [0.1, 0.15) is 5.78 Å². The van der Waals surface area contributed by atoms with Gasteiger partial charge in [0.05, 0.1) is 6.54 Å². The van der Waals surface area contributed by atoms with Crippen molar-refractivity contribution in [3.63, 3.8) is 0 Å². The number of Topliss-reactive ketones (excluding diaryl/α,β-unsaturated/α-hetero) is 1. The van der Waals surface area contributed by atoms with Gasteiger partial charge in [-0.15, -0.1) is 0 Å². The number of fused-ring (bicyclic) bond motifs is 1. The Morgan fingerprint density at radius 2 is 1.85 bits per heavy atom. The Hall–Kier alpha value is -1.15. The molecule has 1 aromatic rings. The van der Waals surface area contributed by atoms with Crippen LogP contribution in [0.3, 0.4) is 0 Å². The molecule has 1 aromatic carbocycles. The standard InChI is InChI=1S/C11H12NO/c1-9(13)6-12-7-10-4-2-3-5-11(10)8-12/h2-5H,1,6-8H2. The highest BCUT2D eigenvalue weighted by atomic mass is 16.1. The smallest absolute Gasteiger partial charge is 0.147 e. The minimum Gasteiger partial charge on any atom is -0.298 e. The van der Waals surface area contributed by atoms with Crippen LogP contribution in [0.25, 0.3) is 0 Å². The third-order valence-corrected chi connectivity index (χ3v) is 2.31. The third-order valence-electron chi connectivity index (χ3n) is 2.31. The van der Waals surface area contributed by atoms with Crippen LogP contribution in [0.5, 0.6) is 0 Å². The predicted octanol–water partition coefficient (Wildman–Crippen LogP) is 1.41. The summed E-state index contributed by atoms with van der Waals surface area (Å²) in [5, 5.41) is 0. The van der Waals surface area contributed by atoms with Crippen LogP contribution in [0, 0.1) is 6.92 Å². The van der Waals surface area contributed by atoms with Gasteiger partial charge < -0.3 is 0 Å². The molecule has 1 aliphatic heterocycles. The molecule has 0 amide bonds. The number of nitrogens with zero attached hydrogens (tertiary/aromatic N) is 1. The molecule has 2 rings (SSSR count). The van der Waals surface area contributed by atoms with E-state index >= 15 is 0 Å². The van der Waals surface area contributed by atoms with E-state index in [4.69, 9.17) is 0 Å². The lowest BCUT2D eigenvalue weighted by Gasteiger charge is -2.11. The molecule has 67 valence electrons. The van der Waals surface area contributed by atoms with E-state index in [0.29, 0.717) is 6.54 Å². The number of carbonyl (C=O) groups excluding carboxylic acids is 1. The molecule has 0 aromatic heterocycles. The van der Waals surface area contributed by atoms with Crippen molar-refractivity contribution in [2.45, 2.75) is 13.1 Å². The summed E-state index contributed by atoms with van der Waals surface area (Å²) in [5.41, 5.74) is 2.67. The second-order valence-corrected chi connectivity index (χ2v) is 3.45. The molecule has 13 heavy (non-hydrogen) atoms. The third kappa shape index (κ3) is 1.78. The number of carbonyl (C=O) groups is 1. The lowest BCUT2D eigenvalue weighted by Crippen LogP contribution is -2.22. The van der Waals surface area contributed by atoms with Gasteiger partial charge in [0, 0.05) is 20.0 Å². The highest BCUT2D eigenvalue weighted by molar-refractivity contribution is 5.84. The Kier molecular flexibility index (Phi) is 2.15. The summed E-state index contributed by atoms with van der Waals surface area (Å²) in [5.74, 6) is -0.00666. The van der Waals surface area contributed by atoms with Gasteiger partial charge in [0.15, 0.2) is 0 Å². The van der Waals surface area contributed by atoms with Crippen LogP contribution in [0.15, 0.2) is 24.3 Å². The first kappa shape index (κ1) is 8.45. The molecule has 2 nitrogen and oxygen atoms in total. The molecule has 2 heteroatoms. The zero-order valence-corrected chi connectivity index (χ0v) is 7.49. The SMILES string of the molecule is [CH2]C(=O)CN1Cc2ccccc2C1. The van der Waals surface area contributed by atoms with Gasteiger partial charge in [-0.3, -0.25) is 9.69 Å². The summed E-state index contributed by atoms with van der Waals surface area (Å²) in [6, 6.07) is 8.30. The maximum atomic E-state index is 10.8. The quantitative estimate of drug-likeness (QED) is 0.675. The average molecular weight is 174 g/mol. The van der Waals surface area contributed by atoms with E-state index in [1.807, 2.05) is 12.1 Å². The first-order chi connectivity index (χ1) is 6.25. The highest BCUT2D eigenvalue weighted by Gasteiger charge is 2.18. The van der Waals surface area contributed by atoms with E-state index < -0.39 is 0 Å². The molecule has 1 heterocycles. The monoisotopic (exact) mass is 174 g/mol. The molecule has 0 saturated carbocycles. The second kappa shape index (κ2) is 3.30. The predicted molar refractivity (Wildman–Crippen MR) is 50.9 cm³/mol. The van der Waals surface area contributed by atoms with Crippen molar-refractivity contribution in [3.8, 4) is 0 Å². The first-order valence-electron chi connectivity index (χ1n) is 4.39. The Morgan fingerprint density at radius 1 is 1.31 bits per heavy atom. The first-order valence-corrected chi connectivity index (χ1v) is 4.39. The molecular weight excluding hydrogens is 162 g/mol. The Balaban J connectivity index is 2.09. The maximum Gasteiger partial charge on any atom is 0.147 e. The van der Waals surface area contributed by atoms with Crippen LogP contribution < -0.4 is 0 Å². The molecule has 0 bridgehead atoms. The van der Waals surface area contributed by atoms with Gasteiger partial charge in [-0.25, -0.2) is 0 Å². The summed E-state index contributed by atoms with van der Waals surface area (Å²) < 4.78 is 0. The molecule has 1 radical (unpaired) electrons. The van der Waals surface area contributed by atoms with Crippen molar-refractivity contribution in [1.82, 2.24) is 4.90 Å². The molecule has 0 spiro atoms. The minimum atomic E-state index is -0.00666. The summed E-state index contributed by atoms with van der Waals surface area (Å²) >= 11 is 0. The number of benzene rings is 1. The molecule has 0 aliphatic carbocycles. The van der Waals surface area contributed by atoms with Gasteiger partial charge in [0.2, 0.25) is 0 Å². The number of hydrogen-bond acceptors (Lipinski definition) is 2. The molecular formula is C11H12NO. The van der Waals surface area contributed by atoms with Crippen LogP contribution in [0.4, 0.5) is 0 Å². The van der Waals surface area contributed by atoms with Crippen molar-refractivity contribution in [2.75, 3.05) is 6.54 Å². The lowest BCUT2D eigenvalue weighted by atomic mass is 10.1. The highest BCUT2D eigenvalue weighted by Crippen LogP contribution is 2.21. The minimum absolute atomic E-state index is 0.00666. The van der Waals surface area contributed by atoms with E-state index in [1.54, 1.807) is 0 Å². The Labute approximate surface area is 78.2 Å². The summed E-state index contributed by atoms with van der Waals surface area (Å²) in [6.07, 6.45) is 0.